The first-order valence-corrected chi connectivity index (χ1v) is 14.6. The molecule has 0 amide bonds. The number of hydrogen-bond donors (Lipinski definition) is 4. The molecule has 5 rings (SSSR count). The van der Waals surface area contributed by atoms with Crippen molar-refractivity contribution in [3.8, 4) is 16.9 Å². The Balaban J connectivity index is 1.78. The highest BCUT2D eigenvalue weighted by Crippen LogP contribution is 2.65. The molecule has 0 bridgehead atoms. The van der Waals surface area contributed by atoms with Crippen LogP contribution < -0.4 is 0 Å². The Morgan fingerprint density at radius 3 is 2.29 bits per heavy atom. The van der Waals surface area contributed by atoms with Crippen LogP contribution in [0.25, 0.3) is 16.9 Å². The predicted molar refractivity (Wildman–Crippen MR) is 160 cm³/mol. The number of rotatable bonds is 5. The number of carbonyl (C=O) groups is 3. The molecule has 0 spiro atoms. The van der Waals surface area contributed by atoms with Gasteiger partial charge in [0.25, 0.3) is 0 Å². The molecule has 3 aliphatic rings. The zero-order valence-electron chi connectivity index (χ0n) is 25.3. The minimum Gasteiger partial charge on any atom is -0.508 e. The van der Waals surface area contributed by atoms with Gasteiger partial charge >= 0.3 is 0 Å². The van der Waals surface area contributed by atoms with Crippen LogP contribution in [0.4, 0.5) is 0 Å². The molecule has 222 valence electrons. The SMILES string of the molecule is CC(=O)C1=C(O)[C@]2(O)C(=O)C3=C(O)c4c(O)ccc(-c5cccc(CC(C)C)c5)c4C[C@]3(C)C[C@]2(C)C(C(C)C)C1=O. The van der Waals surface area contributed by atoms with Crippen LogP contribution in [-0.2, 0) is 27.2 Å². The Morgan fingerprint density at radius 2 is 1.69 bits per heavy atom. The van der Waals surface area contributed by atoms with Crippen LogP contribution in [0, 0.1) is 28.6 Å². The fourth-order valence-electron chi connectivity index (χ4n) is 8.33. The lowest BCUT2D eigenvalue weighted by atomic mass is 9.43. The lowest BCUT2D eigenvalue weighted by Crippen LogP contribution is -2.69. The Morgan fingerprint density at radius 1 is 1.02 bits per heavy atom. The molecule has 0 aromatic heterocycles. The van der Waals surface area contributed by atoms with Crippen LogP contribution in [0.1, 0.15) is 71.6 Å². The topological polar surface area (TPSA) is 132 Å². The van der Waals surface area contributed by atoms with E-state index in [2.05, 4.69) is 26.0 Å². The molecule has 0 radical (unpaired) electrons. The summed E-state index contributed by atoms with van der Waals surface area (Å²) < 4.78 is 0. The van der Waals surface area contributed by atoms with Crippen molar-refractivity contribution in [1.82, 2.24) is 0 Å². The minimum atomic E-state index is -2.62. The Bertz CT molecular complexity index is 1610. The molecule has 3 aliphatic carbocycles. The quantitative estimate of drug-likeness (QED) is 0.321. The second-order valence-electron chi connectivity index (χ2n) is 13.7. The van der Waals surface area contributed by atoms with E-state index in [1.54, 1.807) is 20.8 Å². The summed E-state index contributed by atoms with van der Waals surface area (Å²) >= 11 is 0. The number of benzene rings is 2. The standard InChI is InChI=1S/C35H40O7/c1-17(2)13-20-9-8-10-21(14-20)22-11-12-24(37)26-23(22)15-33(6)16-34(7)27(18(3)4)29(38)25(19(5)36)31(40)35(34,42)32(41)28(33)30(26)39/h8-12,14,17-18,27,37,39-40,42H,13,15-16H2,1-7H3/t27?,33-,34-,35+/m1/s1. The summed E-state index contributed by atoms with van der Waals surface area (Å²) in [5.41, 5.74) is -2.22. The van der Waals surface area contributed by atoms with E-state index in [0.29, 0.717) is 11.5 Å². The second kappa shape index (κ2) is 9.66. The fourth-order valence-corrected chi connectivity index (χ4v) is 8.33. The first-order valence-electron chi connectivity index (χ1n) is 14.6. The van der Waals surface area contributed by atoms with E-state index >= 15 is 0 Å². The van der Waals surface area contributed by atoms with Gasteiger partial charge in [-0.3, -0.25) is 14.4 Å². The molecule has 1 fully saturated rings. The molecule has 7 nitrogen and oxygen atoms in total. The van der Waals surface area contributed by atoms with Gasteiger partial charge in [-0.15, -0.1) is 0 Å². The number of fused-ring (bicyclic) bond motifs is 3. The molecular formula is C35H40O7. The molecule has 0 saturated heterocycles. The zero-order chi connectivity index (χ0) is 31.1. The number of aliphatic hydroxyl groups excluding tert-OH is 2. The number of hydrogen-bond acceptors (Lipinski definition) is 7. The highest BCUT2D eigenvalue weighted by molar-refractivity contribution is 6.24. The van der Waals surface area contributed by atoms with Crippen LogP contribution >= 0.6 is 0 Å². The van der Waals surface area contributed by atoms with Gasteiger partial charge in [0.1, 0.15) is 22.8 Å². The number of aliphatic hydroxyl groups is 3. The lowest BCUT2D eigenvalue weighted by molar-refractivity contribution is -0.178. The number of phenolic OH excluding ortho intramolecular Hbond substituents is 1. The van der Waals surface area contributed by atoms with Crippen molar-refractivity contribution >= 4 is 23.1 Å². The molecule has 0 aliphatic heterocycles. The number of allylic oxidation sites excluding steroid dienone is 1. The van der Waals surface area contributed by atoms with Crippen molar-refractivity contribution in [2.45, 2.75) is 73.3 Å². The highest BCUT2D eigenvalue weighted by Gasteiger charge is 2.72. The van der Waals surface area contributed by atoms with Crippen LogP contribution in [0.5, 0.6) is 5.75 Å². The van der Waals surface area contributed by atoms with Gasteiger partial charge < -0.3 is 20.4 Å². The summed E-state index contributed by atoms with van der Waals surface area (Å²) in [6, 6.07) is 11.4. The van der Waals surface area contributed by atoms with Crippen LogP contribution in [0.15, 0.2) is 53.3 Å². The first-order chi connectivity index (χ1) is 19.5. The van der Waals surface area contributed by atoms with Crippen molar-refractivity contribution < 1.29 is 34.8 Å². The van der Waals surface area contributed by atoms with E-state index in [9.17, 15) is 34.8 Å². The summed E-state index contributed by atoms with van der Waals surface area (Å²) in [5, 5.41) is 46.2. The Labute approximate surface area is 246 Å². The average molecular weight is 573 g/mol. The van der Waals surface area contributed by atoms with Gasteiger partial charge in [-0.25, -0.2) is 0 Å². The number of phenols is 1. The maximum atomic E-state index is 14.4. The van der Waals surface area contributed by atoms with Crippen molar-refractivity contribution in [3.63, 3.8) is 0 Å². The van der Waals surface area contributed by atoms with Gasteiger partial charge in [-0.2, -0.15) is 0 Å². The molecule has 1 saturated carbocycles. The van der Waals surface area contributed by atoms with Crippen molar-refractivity contribution in [2.75, 3.05) is 0 Å². The lowest BCUT2D eigenvalue weighted by Gasteiger charge is -2.59. The molecular weight excluding hydrogens is 532 g/mol. The van der Waals surface area contributed by atoms with Crippen LogP contribution in [0.2, 0.25) is 0 Å². The summed E-state index contributed by atoms with van der Waals surface area (Å²) in [4.78, 5) is 40.7. The van der Waals surface area contributed by atoms with Gasteiger partial charge in [-0.05, 0) is 66.3 Å². The van der Waals surface area contributed by atoms with E-state index in [0.717, 1.165) is 30.0 Å². The number of Topliss-reactive ketones (excluding diaryl/α,β-unsaturated/α-hetero) is 3. The summed E-state index contributed by atoms with van der Waals surface area (Å²) in [7, 11) is 0. The molecule has 0 heterocycles. The van der Waals surface area contributed by atoms with E-state index < -0.39 is 56.8 Å². The maximum absolute atomic E-state index is 14.4. The Hall–Kier alpha value is -3.71. The van der Waals surface area contributed by atoms with E-state index in [1.165, 1.54) is 6.07 Å². The summed E-state index contributed by atoms with van der Waals surface area (Å²) in [6.45, 7) is 12.4. The predicted octanol–water partition coefficient (Wildman–Crippen LogP) is 6.06. The molecule has 2 aromatic rings. The third kappa shape index (κ3) is 3.93. The number of carbonyl (C=O) groups excluding carboxylic acids is 3. The third-order valence-corrected chi connectivity index (χ3v) is 9.77. The van der Waals surface area contributed by atoms with Gasteiger partial charge in [0.15, 0.2) is 17.2 Å². The maximum Gasteiger partial charge on any atom is 0.203 e. The third-order valence-electron chi connectivity index (χ3n) is 9.77. The van der Waals surface area contributed by atoms with Gasteiger partial charge in [0.2, 0.25) is 5.78 Å². The van der Waals surface area contributed by atoms with E-state index in [-0.39, 0.29) is 35.6 Å². The molecule has 2 aromatic carbocycles. The monoisotopic (exact) mass is 572 g/mol. The van der Waals surface area contributed by atoms with Crippen molar-refractivity contribution in [1.29, 1.82) is 0 Å². The van der Waals surface area contributed by atoms with E-state index in [4.69, 9.17) is 0 Å². The van der Waals surface area contributed by atoms with Crippen LogP contribution in [0.3, 0.4) is 0 Å². The molecule has 7 heteroatoms. The first kappa shape index (κ1) is 29.8. The van der Waals surface area contributed by atoms with Crippen molar-refractivity contribution in [2.24, 2.45) is 28.6 Å². The van der Waals surface area contributed by atoms with Gasteiger partial charge in [0, 0.05) is 22.3 Å². The van der Waals surface area contributed by atoms with Crippen LogP contribution in [-0.4, -0.2) is 43.4 Å². The molecule has 42 heavy (non-hydrogen) atoms. The average Bonchev–Trinajstić information content (AvgIpc) is 2.85. The Kier molecular flexibility index (Phi) is 6.85. The van der Waals surface area contributed by atoms with E-state index in [1.807, 2.05) is 25.1 Å². The zero-order valence-corrected chi connectivity index (χ0v) is 25.3. The van der Waals surface area contributed by atoms with Crippen molar-refractivity contribution in [3.05, 3.63) is 70.0 Å². The summed E-state index contributed by atoms with van der Waals surface area (Å²) in [6.07, 6.45) is 1.18. The van der Waals surface area contributed by atoms with Gasteiger partial charge in [0.05, 0.1) is 5.56 Å². The minimum absolute atomic E-state index is 0.0629. The summed E-state index contributed by atoms with van der Waals surface area (Å²) in [5.74, 6) is -4.79. The molecule has 1 unspecified atom stereocenters. The normalized spacial score (nSPS) is 29.1. The smallest absolute Gasteiger partial charge is 0.203 e. The second-order valence-corrected chi connectivity index (χ2v) is 13.7. The molecule has 4 N–H and O–H groups in total. The fraction of sp³-hybridized carbons (Fsp3) is 0.457. The van der Waals surface area contributed by atoms with Gasteiger partial charge in [-0.1, -0.05) is 71.9 Å². The number of aromatic hydroxyl groups is 1. The largest absolute Gasteiger partial charge is 0.508 e. The highest BCUT2D eigenvalue weighted by atomic mass is 16.3. The molecule has 4 atom stereocenters. The number of ketones is 3.